The number of terminal acetylenes is 1. The van der Waals surface area contributed by atoms with Gasteiger partial charge in [0.2, 0.25) is 5.89 Å². The molecule has 0 amide bonds. The normalized spacial score (nSPS) is 11.3. The molecule has 1 N–H and O–H groups in total. The van der Waals surface area contributed by atoms with Gasteiger partial charge in [-0.3, -0.25) is 5.32 Å². The maximum Gasteiger partial charge on any atom is 0.240 e. The molecule has 0 saturated carbocycles. The fourth-order valence-electron chi connectivity index (χ4n) is 2.62. The zero-order valence-corrected chi connectivity index (χ0v) is 12.6. The summed E-state index contributed by atoms with van der Waals surface area (Å²) in [6.07, 6.45) is 7.05. The molecule has 110 valence electrons. The van der Waals surface area contributed by atoms with Crippen LogP contribution < -0.4 is 5.32 Å². The second kappa shape index (κ2) is 7.05. The molecule has 0 spiro atoms. The maximum absolute atomic E-state index is 5.35. The highest BCUT2D eigenvalue weighted by molar-refractivity contribution is 5.32. The fourth-order valence-corrected chi connectivity index (χ4v) is 2.62. The molecule has 1 aromatic carbocycles. The van der Waals surface area contributed by atoms with Crippen molar-refractivity contribution in [2.45, 2.75) is 38.6 Å². The van der Waals surface area contributed by atoms with E-state index in [0.29, 0.717) is 19.0 Å². The number of aromatic nitrogens is 2. The van der Waals surface area contributed by atoms with Crippen LogP contribution in [0.2, 0.25) is 0 Å². The van der Waals surface area contributed by atoms with Crippen molar-refractivity contribution in [3.8, 4) is 12.3 Å². The summed E-state index contributed by atoms with van der Waals surface area (Å²) in [6, 6.07) is 10.4. The standard InChI is InChI=1S/C17H21N3O/c1-4-12-18-13-15-19-16(20-21-15)17(5-2,6-3)14-10-8-7-9-11-14/h1,7-11,18H,5-6,12-13H2,2-3H3. The summed E-state index contributed by atoms with van der Waals surface area (Å²) in [5.74, 6) is 3.84. The molecule has 2 rings (SSSR count). The van der Waals surface area contributed by atoms with Crippen LogP contribution in [-0.2, 0) is 12.0 Å². The summed E-state index contributed by atoms with van der Waals surface area (Å²) in [4.78, 5) is 4.56. The third-order valence-corrected chi connectivity index (χ3v) is 3.93. The number of hydrogen-bond acceptors (Lipinski definition) is 4. The quantitative estimate of drug-likeness (QED) is 0.627. The zero-order valence-electron chi connectivity index (χ0n) is 12.6. The topological polar surface area (TPSA) is 51.0 Å². The van der Waals surface area contributed by atoms with Crippen LogP contribution in [0.5, 0.6) is 0 Å². The molecule has 0 atom stereocenters. The molecule has 21 heavy (non-hydrogen) atoms. The van der Waals surface area contributed by atoms with Crippen molar-refractivity contribution in [3.05, 3.63) is 47.6 Å². The van der Waals surface area contributed by atoms with Crippen LogP contribution in [0, 0.1) is 12.3 Å². The lowest BCUT2D eigenvalue weighted by Crippen LogP contribution is -2.27. The van der Waals surface area contributed by atoms with Crippen molar-refractivity contribution < 1.29 is 4.52 Å². The van der Waals surface area contributed by atoms with E-state index in [4.69, 9.17) is 10.9 Å². The number of nitrogens with zero attached hydrogens (tertiary/aromatic N) is 2. The van der Waals surface area contributed by atoms with Crippen LogP contribution in [0.3, 0.4) is 0 Å². The van der Waals surface area contributed by atoms with Crippen molar-refractivity contribution in [2.24, 2.45) is 0 Å². The van der Waals surface area contributed by atoms with Gasteiger partial charge in [0.15, 0.2) is 5.82 Å². The largest absolute Gasteiger partial charge is 0.338 e. The Kier molecular flexibility index (Phi) is 5.13. The maximum atomic E-state index is 5.35. The van der Waals surface area contributed by atoms with E-state index >= 15 is 0 Å². The van der Waals surface area contributed by atoms with E-state index in [1.165, 1.54) is 5.56 Å². The lowest BCUT2D eigenvalue weighted by Gasteiger charge is -2.28. The minimum atomic E-state index is -0.199. The predicted molar refractivity (Wildman–Crippen MR) is 82.6 cm³/mol. The molecule has 0 fully saturated rings. The average Bonchev–Trinajstić information content (AvgIpc) is 3.00. The van der Waals surface area contributed by atoms with Crippen LogP contribution in [0.25, 0.3) is 0 Å². The Hall–Kier alpha value is -2.12. The van der Waals surface area contributed by atoms with Crippen LogP contribution >= 0.6 is 0 Å². The molecule has 0 saturated heterocycles. The van der Waals surface area contributed by atoms with Gasteiger partial charge in [-0.25, -0.2) is 0 Å². The zero-order chi connectivity index (χ0) is 15.1. The second-order valence-corrected chi connectivity index (χ2v) is 4.97. The van der Waals surface area contributed by atoms with Gasteiger partial charge in [-0.05, 0) is 18.4 Å². The average molecular weight is 283 g/mol. The van der Waals surface area contributed by atoms with Gasteiger partial charge in [-0.2, -0.15) is 4.98 Å². The van der Waals surface area contributed by atoms with Gasteiger partial charge < -0.3 is 4.52 Å². The van der Waals surface area contributed by atoms with E-state index in [0.717, 1.165) is 18.7 Å². The molecule has 2 aromatic rings. The predicted octanol–water partition coefficient (Wildman–Crippen LogP) is 2.90. The van der Waals surface area contributed by atoms with Crippen molar-refractivity contribution in [1.82, 2.24) is 15.5 Å². The first-order valence-electron chi connectivity index (χ1n) is 7.29. The highest BCUT2D eigenvalue weighted by Gasteiger charge is 2.35. The minimum absolute atomic E-state index is 0.199. The van der Waals surface area contributed by atoms with Crippen molar-refractivity contribution in [3.63, 3.8) is 0 Å². The number of benzene rings is 1. The monoisotopic (exact) mass is 283 g/mol. The summed E-state index contributed by atoms with van der Waals surface area (Å²) in [5, 5.41) is 7.27. The molecule has 1 heterocycles. The Balaban J connectivity index is 2.29. The first-order valence-corrected chi connectivity index (χ1v) is 7.29. The number of nitrogens with one attached hydrogen (secondary N) is 1. The molecule has 0 unspecified atom stereocenters. The van der Waals surface area contributed by atoms with E-state index in [-0.39, 0.29) is 5.41 Å². The van der Waals surface area contributed by atoms with E-state index < -0.39 is 0 Å². The molecular formula is C17H21N3O. The number of rotatable bonds is 7. The number of hydrogen-bond donors (Lipinski definition) is 1. The van der Waals surface area contributed by atoms with Gasteiger partial charge in [0, 0.05) is 0 Å². The highest BCUT2D eigenvalue weighted by atomic mass is 16.5. The molecular weight excluding hydrogens is 262 g/mol. The van der Waals surface area contributed by atoms with Gasteiger partial charge in [-0.1, -0.05) is 55.3 Å². The molecule has 0 aliphatic heterocycles. The van der Waals surface area contributed by atoms with Crippen LogP contribution in [0.15, 0.2) is 34.9 Å². The molecule has 0 aliphatic rings. The Morgan fingerprint density at radius 2 is 1.95 bits per heavy atom. The summed E-state index contributed by atoms with van der Waals surface area (Å²) >= 11 is 0. The van der Waals surface area contributed by atoms with E-state index in [9.17, 15) is 0 Å². The molecule has 1 aromatic heterocycles. The van der Waals surface area contributed by atoms with Gasteiger partial charge in [0.25, 0.3) is 0 Å². The van der Waals surface area contributed by atoms with Gasteiger partial charge in [0.1, 0.15) is 0 Å². The lowest BCUT2D eigenvalue weighted by molar-refractivity contribution is 0.348. The van der Waals surface area contributed by atoms with E-state index in [1.54, 1.807) is 0 Å². The van der Waals surface area contributed by atoms with Crippen LogP contribution in [0.4, 0.5) is 0 Å². The Labute approximate surface area is 126 Å². The van der Waals surface area contributed by atoms with Gasteiger partial charge >= 0.3 is 0 Å². The second-order valence-electron chi connectivity index (χ2n) is 4.97. The third-order valence-electron chi connectivity index (χ3n) is 3.93. The fraction of sp³-hybridized carbons (Fsp3) is 0.412. The SMILES string of the molecule is C#CCNCc1nc(C(CC)(CC)c2ccccc2)no1. The van der Waals surface area contributed by atoms with Crippen LogP contribution in [0.1, 0.15) is 44.0 Å². The summed E-state index contributed by atoms with van der Waals surface area (Å²) in [7, 11) is 0. The third kappa shape index (κ3) is 3.14. The first-order chi connectivity index (χ1) is 10.3. The van der Waals surface area contributed by atoms with Crippen LogP contribution in [-0.4, -0.2) is 16.7 Å². The van der Waals surface area contributed by atoms with Crippen molar-refractivity contribution in [1.29, 1.82) is 0 Å². The summed E-state index contributed by atoms with van der Waals surface area (Å²) in [6.45, 7) is 5.30. The van der Waals surface area contributed by atoms with Gasteiger partial charge in [-0.15, -0.1) is 6.42 Å². The molecule has 0 radical (unpaired) electrons. The Morgan fingerprint density at radius 3 is 2.57 bits per heavy atom. The van der Waals surface area contributed by atoms with E-state index in [1.807, 2.05) is 18.2 Å². The Morgan fingerprint density at radius 1 is 1.24 bits per heavy atom. The van der Waals surface area contributed by atoms with E-state index in [2.05, 4.69) is 47.4 Å². The first kappa shape index (κ1) is 15.3. The lowest BCUT2D eigenvalue weighted by atomic mass is 9.75. The van der Waals surface area contributed by atoms with Crippen molar-refractivity contribution in [2.75, 3.05) is 6.54 Å². The smallest absolute Gasteiger partial charge is 0.240 e. The Bertz CT molecular complexity index is 594. The van der Waals surface area contributed by atoms with Crippen molar-refractivity contribution >= 4 is 0 Å². The summed E-state index contributed by atoms with van der Waals surface area (Å²) in [5.41, 5.74) is 1.02. The highest BCUT2D eigenvalue weighted by Crippen LogP contribution is 2.36. The molecule has 4 nitrogen and oxygen atoms in total. The molecule has 0 aliphatic carbocycles. The molecule has 4 heteroatoms. The molecule has 0 bridgehead atoms. The van der Waals surface area contributed by atoms with Gasteiger partial charge in [0.05, 0.1) is 18.5 Å². The summed E-state index contributed by atoms with van der Waals surface area (Å²) < 4.78 is 5.35. The minimum Gasteiger partial charge on any atom is -0.338 e.